The highest BCUT2D eigenvalue weighted by molar-refractivity contribution is 6.28. The van der Waals surface area contributed by atoms with E-state index in [1.165, 1.54) is 21.7 Å². The summed E-state index contributed by atoms with van der Waals surface area (Å²) in [4.78, 5) is 17.7. The number of aryl methyl sites for hydroxylation is 1. The molecule has 1 aromatic heterocycles. The predicted octanol–water partition coefficient (Wildman–Crippen LogP) is 2.61. The maximum atomic E-state index is 12.9. The molecule has 0 unspecified atom stereocenters. The van der Waals surface area contributed by atoms with Gasteiger partial charge < -0.3 is 10.0 Å². The lowest BCUT2D eigenvalue weighted by atomic mass is 9.83. The summed E-state index contributed by atoms with van der Waals surface area (Å²) < 4.78 is 39.9. The van der Waals surface area contributed by atoms with Crippen molar-refractivity contribution in [2.75, 3.05) is 13.1 Å². The molecule has 2 heterocycles. The molecule has 6 nitrogen and oxygen atoms in total. The van der Waals surface area contributed by atoms with Gasteiger partial charge in [-0.15, -0.1) is 5.10 Å². The van der Waals surface area contributed by atoms with Crippen LogP contribution < -0.4 is 0 Å². The molecule has 0 atom stereocenters. The monoisotopic (exact) mass is 388 g/mol. The minimum atomic E-state index is -4.48. The normalized spacial score (nSPS) is 17.4. The fourth-order valence-corrected chi connectivity index (χ4v) is 3.07. The van der Waals surface area contributed by atoms with Crippen LogP contribution in [0.1, 0.15) is 34.6 Å². The smallest absolute Gasteiger partial charge is 0.385 e. The summed E-state index contributed by atoms with van der Waals surface area (Å²) in [6.07, 6.45) is -4.26. The third kappa shape index (κ3) is 3.54. The lowest BCUT2D eigenvalue weighted by Gasteiger charge is -2.38. The number of rotatable bonds is 2. The third-order valence-corrected chi connectivity index (χ3v) is 4.84. The largest absolute Gasteiger partial charge is 0.416 e. The van der Waals surface area contributed by atoms with Crippen molar-refractivity contribution in [1.82, 2.24) is 19.7 Å². The van der Waals surface area contributed by atoms with Crippen LogP contribution in [0.2, 0.25) is 5.28 Å². The van der Waals surface area contributed by atoms with Gasteiger partial charge >= 0.3 is 6.18 Å². The molecule has 1 aliphatic heterocycles. The number of alkyl halides is 3. The molecule has 1 N–H and O–H groups in total. The van der Waals surface area contributed by atoms with Gasteiger partial charge in [0.25, 0.3) is 5.91 Å². The van der Waals surface area contributed by atoms with Crippen molar-refractivity contribution >= 4 is 17.5 Å². The molecule has 0 aliphatic carbocycles. The van der Waals surface area contributed by atoms with Crippen molar-refractivity contribution in [3.8, 4) is 0 Å². The molecular weight excluding hydrogens is 373 g/mol. The first-order valence-corrected chi connectivity index (χ1v) is 8.24. The van der Waals surface area contributed by atoms with Crippen LogP contribution in [0.3, 0.4) is 0 Å². The van der Waals surface area contributed by atoms with Crippen LogP contribution in [0, 0.1) is 0 Å². The quantitative estimate of drug-likeness (QED) is 0.858. The SMILES string of the molecule is Cn1nc(C(=O)N2CCC(O)(c3cccc(C(F)(F)F)c3)CC2)nc1Cl. The lowest BCUT2D eigenvalue weighted by Crippen LogP contribution is -2.45. The van der Waals surface area contributed by atoms with Gasteiger partial charge in [0, 0.05) is 20.1 Å². The first-order valence-electron chi connectivity index (χ1n) is 7.86. The van der Waals surface area contributed by atoms with Gasteiger partial charge in [-0.1, -0.05) is 12.1 Å². The zero-order chi connectivity index (χ0) is 19.1. The number of amides is 1. The van der Waals surface area contributed by atoms with E-state index in [4.69, 9.17) is 11.6 Å². The first-order chi connectivity index (χ1) is 12.1. The Labute approximate surface area is 152 Å². The molecule has 0 radical (unpaired) electrons. The van der Waals surface area contributed by atoms with Gasteiger partial charge in [-0.2, -0.15) is 18.2 Å². The Morgan fingerprint density at radius 3 is 2.50 bits per heavy atom. The van der Waals surface area contributed by atoms with Crippen molar-refractivity contribution in [1.29, 1.82) is 0 Å². The Balaban J connectivity index is 1.74. The van der Waals surface area contributed by atoms with Crippen molar-refractivity contribution in [2.45, 2.75) is 24.6 Å². The summed E-state index contributed by atoms with van der Waals surface area (Å²) in [6, 6.07) is 4.65. The molecule has 0 bridgehead atoms. The van der Waals surface area contributed by atoms with Crippen LogP contribution in [0.25, 0.3) is 0 Å². The number of hydrogen-bond acceptors (Lipinski definition) is 4. The second-order valence-corrected chi connectivity index (χ2v) is 6.57. The third-order valence-electron chi connectivity index (χ3n) is 4.51. The highest BCUT2D eigenvalue weighted by Gasteiger charge is 2.38. The predicted molar refractivity (Wildman–Crippen MR) is 86.5 cm³/mol. The van der Waals surface area contributed by atoms with Gasteiger partial charge in [0.1, 0.15) is 0 Å². The van der Waals surface area contributed by atoms with Crippen molar-refractivity contribution in [3.05, 3.63) is 46.5 Å². The van der Waals surface area contributed by atoms with Crippen LogP contribution in [0.5, 0.6) is 0 Å². The van der Waals surface area contributed by atoms with Crippen molar-refractivity contribution in [2.24, 2.45) is 7.05 Å². The number of benzene rings is 1. The van der Waals surface area contributed by atoms with E-state index in [2.05, 4.69) is 10.1 Å². The molecule has 1 saturated heterocycles. The Kier molecular flexibility index (Phi) is 4.70. The molecule has 0 saturated carbocycles. The zero-order valence-electron chi connectivity index (χ0n) is 13.8. The van der Waals surface area contributed by atoms with Gasteiger partial charge in [0.15, 0.2) is 0 Å². The Morgan fingerprint density at radius 2 is 1.96 bits per heavy atom. The van der Waals surface area contributed by atoms with Crippen molar-refractivity contribution in [3.63, 3.8) is 0 Å². The van der Waals surface area contributed by atoms with E-state index in [-0.39, 0.29) is 42.6 Å². The minimum Gasteiger partial charge on any atom is -0.385 e. The fourth-order valence-electron chi connectivity index (χ4n) is 2.95. The van der Waals surface area contributed by atoms with Crippen LogP contribution in [-0.4, -0.2) is 43.8 Å². The molecular formula is C16H16ClF3N4O2. The summed E-state index contributed by atoms with van der Waals surface area (Å²) in [5.74, 6) is -0.486. The second kappa shape index (κ2) is 6.55. The summed E-state index contributed by atoms with van der Waals surface area (Å²) in [5, 5.41) is 14.8. The van der Waals surface area contributed by atoms with E-state index in [1.54, 1.807) is 7.05 Å². The van der Waals surface area contributed by atoms with E-state index >= 15 is 0 Å². The summed E-state index contributed by atoms with van der Waals surface area (Å²) >= 11 is 5.78. The van der Waals surface area contributed by atoms with E-state index in [9.17, 15) is 23.1 Å². The van der Waals surface area contributed by atoms with E-state index in [0.717, 1.165) is 12.1 Å². The second-order valence-electron chi connectivity index (χ2n) is 6.23. The summed E-state index contributed by atoms with van der Waals surface area (Å²) in [7, 11) is 1.55. The Hall–Kier alpha value is -2.13. The molecule has 1 aliphatic rings. The highest BCUT2D eigenvalue weighted by Crippen LogP contribution is 2.36. The standard InChI is InChI=1S/C16H16ClF3N4O2/c1-23-14(17)21-12(22-23)13(25)24-7-5-15(26,6-8-24)10-3-2-4-11(9-10)16(18,19)20/h2-4,9,26H,5-8H2,1H3. The number of carbonyl (C=O) groups is 1. The van der Waals surface area contributed by atoms with Crippen LogP contribution in [-0.2, 0) is 18.8 Å². The van der Waals surface area contributed by atoms with Gasteiger partial charge in [-0.25, -0.2) is 4.68 Å². The van der Waals surface area contributed by atoms with E-state index in [0.29, 0.717) is 0 Å². The van der Waals surface area contributed by atoms with Crippen molar-refractivity contribution < 1.29 is 23.1 Å². The highest BCUT2D eigenvalue weighted by atomic mass is 35.5. The number of hydrogen-bond donors (Lipinski definition) is 1. The van der Waals surface area contributed by atoms with E-state index < -0.39 is 23.2 Å². The molecule has 1 fully saturated rings. The fraction of sp³-hybridized carbons (Fsp3) is 0.438. The number of piperidine rings is 1. The molecule has 1 amide bonds. The first kappa shape index (κ1) is 18.7. The number of likely N-dealkylation sites (tertiary alicyclic amines) is 1. The topological polar surface area (TPSA) is 71.2 Å². The lowest BCUT2D eigenvalue weighted by molar-refractivity contribution is -0.137. The molecule has 2 aromatic rings. The maximum Gasteiger partial charge on any atom is 0.416 e. The summed E-state index contributed by atoms with van der Waals surface area (Å²) in [5.41, 5.74) is -2.04. The number of aromatic nitrogens is 3. The Morgan fingerprint density at radius 1 is 1.31 bits per heavy atom. The minimum absolute atomic E-state index is 0.0537. The maximum absolute atomic E-state index is 12.9. The molecule has 0 spiro atoms. The van der Waals surface area contributed by atoms with Gasteiger partial charge in [0.2, 0.25) is 11.1 Å². The van der Waals surface area contributed by atoms with Gasteiger partial charge in [-0.3, -0.25) is 4.79 Å². The zero-order valence-corrected chi connectivity index (χ0v) is 14.5. The van der Waals surface area contributed by atoms with Crippen LogP contribution >= 0.6 is 11.6 Å². The number of nitrogens with zero attached hydrogens (tertiary/aromatic N) is 4. The average Bonchev–Trinajstić information content (AvgIpc) is 2.93. The van der Waals surface area contributed by atoms with Gasteiger partial charge in [-0.05, 0) is 42.1 Å². The summed E-state index contributed by atoms with van der Waals surface area (Å²) in [6.45, 7) is 0.336. The molecule has 3 rings (SSSR count). The van der Waals surface area contributed by atoms with Crippen LogP contribution in [0.4, 0.5) is 13.2 Å². The van der Waals surface area contributed by atoms with Crippen LogP contribution in [0.15, 0.2) is 24.3 Å². The van der Waals surface area contributed by atoms with Gasteiger partial charge in [0.05, 0.1) is 11.2 Å². The number of halogens is 4. The molecule has 10 heteroatoms. The molecule has 1 aromatic carbocycles. The average molecular weight is 389 g/mol. The van der Waals surface area contributed by atoms with E-state index in [1.807, 2.05) is 0 Å². The molecule has 26 heavy (non-hydrogen) atoms. The Bertz CT molecular complexity index is 810. The number of aliphatic hydroxyl groups is 1. The molecule has 140 valence electrons. The number of carbonyl (C=O) groups excluding carboxylic acids is 1.